The van der Waals surface area contributed by atoms with Crippen LogP contribution in [0.4, 0.5) is 17.5 Å². The lowest BCUT2D eigenvalue weighted by molar-refractivity contribution is 0.354. The van der Waals surface area contributed by atoms with Gasteiger partial charge in [-0.3, -0.25) is 0 Å². The van der Waals surface area contributed by atoms with Crippen molar-refractivity contribution in [3.05, 3.63) is 64.8 Å². The first-order valence-electron chi connectivity index (χ1n) is 9.63. The van der Waals surface area contributed by atoms with Crippen molar-refractivity contribution in [2.75, 3.05) is 31.4 Å². The molecule has 0 amide bonds. The average Bonchev–Trinajstić information content (AvgIpc) is 2.71. The minimum atomic E-state index is 0.580. The van der Waals surface area contributed by atoms with E-state index in [2.05, 4.69) is 53.5 Å². The Kier molecular flexibility index (Phi) is 6.54. The van der Waals surface area contributed by atoms with Gasteiger partial charge in [-0.1, -0.05) is 23.8 Å². The maximum atomic E-state index is 5.37. The predicted molar refractivity (Wildman–Crippen MR) is 118 cm³/mol. The van der Waals surface area contributed by atoms with Gasteiger partial charge in [0.25, 0.3) is 0 Å². The maximum Gasteiger partial charge on any atom is 0.229 e. The van der Waals surface area contributed by atoms with Gasteiger partial charge in [-0.2, -0.15) is 4.98 Å². The van der Waals surface area contributed by atoms with Crippen LogP contribution in [0.25, 0.3) is 0 Å². The van der Waals surface area contributed by atoms with Crippen molar-refractivity contribution in [2.24, 2.45) is 0 Å². The minimum absolute atomic E-state index is 0.580. The normalized spacial score (nSPS) is 10.5. The first-order valence-corrected chi connectivity index (χ1v) is 9.63. The molecule has 3 rings (SSSR count). The summed E-state index contributed by atoms with van der Waals surface area (Å²) < 4.78 is 10.7. The van der Waals surface area contributed by atoms with Gasteiger partial charge in [0.1, 0.15) is 5.82 Å². The molecule has 0 aliphatic carbocycles. The van der Waals surface area contributed by atoms with Crippen LogP contribution in [0.2, 0.25) is 0 Å². The highest BCUT2D eigenvalue weighted by Gasteiger charge is 2.07. The van der Waals surface area contributed by atoms with E-state index >= 15 is 0 Å². The molecule has 2 N–H and O–H groups in total. The Labute approximate surface area is 172 Å². The van der Waals surface area contributed by atoms with Crippen molar-refractivity contribution >= 4 is 17.5 Å². The van der Waals surface area contributed by atoms with Crippen LogP contribution in [0.15, 0.2) is 42.6 Å². The largest absolute Gasteiger partial charge is 0.493 e. The van der Waals surface area contributed by atoms with Gasteiger partial charge >= 0.3 is 0 Å². The lowest BCUT2D eigenvalue weighted by atomic mass is 10.1. The summed E-state index contributed by atoms with van der Waals surface area (Å²) in [5.41, 5.74) is 5.82. The van der Waals surface area contributed by atoms with Crippen molar-refractivity contribution in [1.82, 2.24) is 9.97 Å². The smallest absolute Gasteiger partial charge is 0.229 e. The van der Waals surface area contributed by atoms with Crippen molar-refractivity contribution < 1.29 is 9.47 Å². The van der Waals surface area contributed by atoms with Crippen LogP contribution >= 0.6 is 0 Å². The molecule has 6 nitrogen and oxygen atoms in total. The molecular formula is C23H28N4O2. The third-order valence-corrected chi connectivity index (χ3v) is 4.74. The number of methoxy groups -OCH3 is 2. The van der Waals surface area contributed by atoms with Gasteiger partial charge in [0, 0.05) is 18.4 Å². The second kappa shape index (κ2) is 9.28. The Morgan fingerprint density at radius 1 is 0.897 bits per heavy atom. The second-order valence-corrected chi connectivity index (χ2v) is 7.03. The van der Waals surface area contributed by atoms with E-state index in [4.69, 9.17) is 9.47 Å². The van der Waals surface area contributed by atoms with E-state index in [0.29, 0.717) is 5.95 Å². The van der Waals surface area contributed by atoms with Gasteiger partial charge in [-0.15, -0.1) is 0 Å². The summed E-state index contributed by atoms with van der Waals surface area (Å²) >= 11 is 0. The molecule has 3 aromatic rings. The number of nitrogens with one attached hydrogen (secondary N) is 2. The number of hydrogen-bond acceptors (Lipinski definition) is 6. The first kappa shape index (κ1) is 20.5. The Balaban J connectivity index is 1.63. The molecule has 1 aromatic heterocycles. The molecule has 0 spiro atoms. The third kappa shape index (κ3) is 5.16. The van der Waals surface area contributed by atoms with Crippen LogP contribution in [0.3, 0.4) is 0 Å². The van der Waals surface area contributed by atoms with Crippen LogP contribution in [0, 0.1) is 20.8 Å². The summed E-state index contributed by atoms with van der Waals surface area (Å²) in [4.78, 5) is 8.94. The maximum absolute atomic E-state index is 5.37. The van der Waals surface area contributed by atoms with Gasteiger partial charge < -0.3 is 20.1 Å². The van der Waals surface area contributed by atoms with Crippen molar-refractivity contribution in [2.45, 2.75) is 27.2 Å². The van der Waals surface area contributed by atoms with Crippen molar-refractivity contribution in [1.29, 1.82) is 0 Å². The van der Waals surface area contributed by atoms with E-state index in [9.17, 15) is 0 Å². The monoisotopic (exact) mass is 392 g/mol. The molecule has 0 aliphatic heterocycles. The Morgan fingerprint density at radius 3 is 2.31 bits per heavy atom. The molecule has 29 heavy (non-hydrogen) atoms. The van der Waals surface area contributed by atoms with E-state index < -0.39 is 0 Å². The molecular weight excluding hydrogens is 364 g/mol. The number of rotatable bonds is 8. The highest BCUT2D eigenvalue weighted by Crippen LogP contribution is 2.28. The number of aromatic nitrogens is 2. The van der Waals surface area contributed by atoms with Gasteiger partial charge in [-0.25, -0.2) is 4.98 Å². The van der Waals surface area contributed by atoms with Crippen LogP contribution in [-0.2, 0) is 6.42 Å². The van der Waals surface area contributed by atoms with Crippen LogP contribution in [0.1, 0.15) is 22.3 Å². The number of ether oxygens (including phenoxy) is 2. The topological polar surface area (TPSA) is 68.3 Å². The Hall–Kier alpha value is -3.28. The fourth-order valence-electron chi connectivity index (χ4n) is 3.38. The number of hydrogen-bond donors (Lipinski definition) is 2. The molecule has 0 radical (unpaired) electrons. The molecule has 0 saturated heterocycles. The zero-order chi connectivity index (χ0) is 20.8. The number of anilines is 3. The Bertz CT molecular complexity index is 965. The Morgan fingerprint density at radius 2 is 1.62 bits per heavy atom. The van der Waals surface area contributed by atoms with Crippen LogP contribution < -0.4 is 20.1 Å². The van der Waals surface area contributed by atoms with Gasteiger partial charge in [0.05, 0.1) is 14.2 Å². The summed E-state index contributed by atoms with van der Waals surface area (Å²) in [6.45, 7) is 7.03. The molecule has 0 unspecified atom stereocenters. The SMILES string of the molecule is COc1ccc(CCNc2ccnc(Nc3c(C)cc(C)cc3C)n2)cc1OC. The van der Waals surface area contributed by atoms with Gasteiger partial charge in [0.2, 0.25) is 5.95 Å². The average molecular weight is 393 g/mol. The van der Waals surface area contributed by atoms with Gasteiger partial charge in [-0.05, 0) is 62.1 Å². The fourth-order valence-corrected chi connectivity index (χ4v) is 3.38. The summed E-state index contributed by atoms with van der Waals surface area (Å²) in [5.74, 6) is 2.83. The first-order chi connectivity index (χ1) is 14.0. The standard InChI is InChI=1S/C23H28N4O2/c1-15-12-16(2)22(17(3)13-15)27-23-25-11-9-21(26-23)24-10-8-18-6-7-19(28-4)20(14-18)29-5/h6-7,9,11-14H,8,10H2,1-5H3,(H2,24,25,26,27). The molecule has 0 fully saturated rings. The summed E-state index contributed by atoms with van der Waals surface area (Å²) in [6, 6.07) is 12.1. The quantitative estimate of drug-likeness (QED) is 0.573. The highest BCUT2D eigenvalue weighted by atomic mass is 16.5. The molecule has 152 valence electrons. The van der Waals surface area contributed by atoms with E-state index in [1.54, 1.807) is 20.4 Å². The summed E-state index contributed by atoms with van der Waals surface area (Å²) in [5, 5.41) is 6.71. The van der Waals surface area contributed by atoms with Crippen LogP contribution in [-0.4, -0.2) is 30.7 Å². The number of aryl methyl sites for hydroxylation is 3. The van der Waals surface area contributed by atoms with E-state index in [-0.39, 0.29) is 0 Å². The zero-order valence-electron chi connectivity index (χ0n) is 17.7. The fraction of sp³-hybridized carbons (Fsp3) is 0.304. The van der Waals surface area contributed by atoms with E-state index in [1.165, 1.54) is 16.7 Å². The molecule has 0 saturated carbocycles. The number of nitrogens with zero attached hydrogens (tertiary/aromatic N) is 2. The predicted octanol–water partition coefficient (Wildman–Crippen LogP) is 4.82. The van der Waals surface area contributed by atoms with Crippen LogP contribution in [0.5, 0.6) is 11.5 Å². The molecule has 0 bridgehead atoms. The van der Waals surface area contributed by atoms with E-state index in [0.717, 1.165) is 41.5 Å². The summed E-state index contributed by atoms with van der Waals surface area (Å²) in [6.07, 6.45) is 2.59. The second-order valence-electron chi connectivity index (χ2n) is 7.03. The summed E-state index contributed by atoms with van der Waals surface area (Å²) in [7, 11) is 3.28. The molecule has 6 heteroatoms. The lowest BCUT2D eigenvalue weighted by Crippen LogP contribution is -2.08. The van der Waals surface area contributed by atoms with Gasteiger partial charge in [0.15, 0.2) is 11.5 Å². The van der Waals surface area contributed by atoms with E-state index in [1.807, 2.05) is 24.3 Å². The zero-order valence-corrected chi connectivity index (χ0v) is 17.7. The minimum Gasteiger partial charge on any atom is -0.493 e. The van der Waals surface area contributed by atoms with Crippen molar-refractivity contribution in [3.63, 3.8) is 0 Å². The molecule has 1 heterocycles. The molecule has 0 aliphatic rings. The number of benzene rings is 2. The molecule has 0 atom stereocenters. The lowest BCUT2D eigenvalue weighted by Gasteiger charge is -2.13. The molecule has 2 aromatic carbocycles. The highest BCUT2D eigenvalue weighted by molar-refractivity contribution is 5.64. The third-order valence-electron chi connectivity index (χ3n) is 4.74. The van der Waals surface area contributed by atoms with Crippen molar-refractivity contribution in [3.8, 4) is 11.5 Å².